The number of benzene rings is 1. The van der Waals surface area contributed by atoms with Gasteiger partial charge in [-0.3, -0.25) is 4.68 Å². The Hall–Kier alpha value is -2.70. The number of carbonyl (C=O) groups is 1. The number of aliphatic hydroxyl groups excluding tert-OH is 4. The van der Waals surface area contributed by atoms with Crippen molar-refractivity contribution in [3.8, 4) is 11.6 Å². The van der Waals surface area contributed by atoms with Crippen LogP contribution in [0.3, 0.4) is 0 Å². The van der Waals surface area contributed by atoms with E-state index in [1.54, 1.807) is 4.68 Å². The topological polar surface area (TPSA) is 153 Å². The highest BCUT2D eigenvalue weighted by Crippen LogP contribution is 2.31. The maximum atomic E-state index is 11.8. The number of nitrogens with zero attached hydrogens (tertiary/aromatic N) is 2. The molecule has 194 valence electrons. The number of esters is 1. The number of hydrogen-bond acceptors (Lipinski definition) is 10. The SMILES string of the molecule is CCOc1ccc(Cc2c(O[C@@H]3O[C@H](C(O)C(=O)OC)[C@@H](O)[C@H](O)[C@H]3O)nn(C(C)C)c2C)cc1. The van der Waals surface area contributed by atoms with Crippen molar-refractivity contribution in [2.75, 3.05) is 13.7 Å². The van der Waals surface area contributed by atoms with Gasteiger partial charge in [0.15, 0.2) is 6.10 Å². The molecule has 1 aliphatic heterocycles. The highest BCUT2D eigenvalue weighted by atomic mass is 16.7. The summed E-state index contributed by atoms with van der Waals surface area (Å²) in [5.74, 6) is -0.152. The largest absolute Gasteiger partial charge is 0.494 e. The van der Waals surface area contributed by atoms with Gasteiger partial charge >= 0.3 is 5.97 Å². The van der Waals surface area contributed by atoms with Gasteiger partial charge in [0, 0.05) is 23.7 Å². The van der Waals surface area contributed by atoms with Crippen LogP contribution in [-0.4, -0.2) is 86.7 Å². The summed E-state index contributed by atoms with van der Waals surface area (Å²) in [6, 6.07) is 7.59. The van der Waals surface area contributed by atoms with Gasteiger partial charge in [-0.15, -0.1) is 5.10 Å². The highest BCUT2D eigenvalue weighted by molar-refractivity contribution is 5.75. The van der Waals surface area contributed by atoms with Crippen molar-refractivity contribution in [2.45, 2.75) is 77.0 Å². The van der Waals surface area contributed by atoms with E-state index in [2.05, 4.69) is 9.84 Å². The maximum absolute atomic E-state index is 11.8. The molecule has 6 atom stereocenters. The van der Waals surface area contributed by atoms with E-state index in [-0.39, 0.29) is 11.9 Å². The summed E-state index contributed by atoms with van der Waals surface area (Å²) in [4.78, 5) is 11.8. The van der Waals surface area contributed by atoms with Crippen LogP contribution in [0.25, 0.3) is 0 Å². The standard InChI is InChI=1S/C24H34N2O9/c1-6-33-15-9-7-14(8-10-15)11-16-13(4)26(12(2)3)25-22(16)35-24-19(29)17(27)18(28)21(34-24)20(30)23(31)32-5/h7-10,12,17-21,24,27-30H,6,11H2,1-5H3/t17-,18-,19+,20?,21-,24-/m0/s1. The van der Waals surface area contributed by atoms with Crippen molar-refractivity contribution in [3.63, 3.8) is 0 Å². The molecule has 35 heavy (non-hydrogen) atoms. The Morgan fingerprint density at radius 1 is 1.14 bits per heavy atom. The molecule has 3 rings (SSSR count). The molecule has 1 aliphatic rings. The lowest BCUT2D eigenvalue weighted by Crippen LogP contribution is -2.63. The number of aromatic nitrogens is 2. The van der Waals surface area contributed by atoms with Crippen LogP contribution < -0.4 is 9.47 Å². The van der Waals surface area contributed by atoms with E-state index in [0.29, 0.717) is 13.0 Å². The Morgan fingerprint density at radius 2 is 1.80 bits per heavy atom. The Balaban J connectivity index is 1.90. The van der Waals surface area contributed by atoms with Gasteiger partial charge in [-0.1, -0.05) is 12.1 Å². The Kier molecular flexibility index (Phi) is 8.73. The van der Waals surface area contributed by atoms with E-state index in [1.165, 1.54) is 0 Å². The van der Waals surface area contributed by atoms with Gasteiger partial charge in [0.1, 0.15) is 30.2 Å². The van der Waals surface area contributed by atoms with E-state index < -0.39 is 42.8 Å². The number of ether oxygens (including phenoxy) is 4. The lowest BCUT2D eigenvalue weighted by atomic mass is 9.95. The maximum Gasteiger partial charge on any atom is 0.337 e. The number of methoxy groups -OCH3 is 1. The molecule has 2 aromatic rings. The second-order valence-electron chi connectivity index (χ2n) is 8.69. The van der Waals surface area contributed by atoms with Crippen molar-refractivity contribution in [2.24, 2.45) is 0 Å². The zero-order valence-corrected chi connectivity index (χ0v) is 20.5. The van der Waals surface area contributed by atoms with Crippen molar-refractivity contribution < 1.29 is 44.2 Å². The molecule has 0 aliphatic carbocycles. The van der Waals surface area contributed by atoms with Crippen LogP contribution in [0.4, 0.5) is 0 Å². The van der Waals surface area contributed by atoms with Gasteiger partial charge in [-0.25, -0.2) is 4.79 Å². The van der Waals surface area contributed by atoms with E-state index in [4.69, 9.17) is 14.2 Å². The smallest absolute Gasteiger partial charge is 0.337 e. The van der Waals surface area contributed by atoms with Gasteiger partial charge in [0.05, 0.1) is 13.7 Å². The number of rotatable bonds is 9. The fourth-order valence-corrected chi connectivity index (χ4v) is 4.00. The summed E-state index contributed by atoms with van der Waals surface area (Å²) >= 11 is 0. The molecule has 11 nitrogen and oxygen atoms in total. The van der Waals surface area contributed by atoms with Crippen molar-refractivity contribution in [1.29, 1.82) is 0 Å². The average Bonchev–Trinajstić information content (AvgIpc) is 3.14. The van der Waals surface area contributed by atoms with Crippen molar-refractivity contribution in [3.05, 3.63) is 41.1 Å². The summed E-state index contributed by atoms with van der Waals surface area (Å²) in [7, 11) is 1.06. The molecule has 0 amide bonds. The summed E-state index contributed by atoms with van der Waals surface area (Å²) in [5.41, 5.74) is 2.52. The van der Waals surface area contributed by atoms with Gasteiger partial charge < -0.3 is 39.4 Å². The van der Waals surface area contributed by atoms with Crippen LogP contribution in [0, 0.1) is 6.92 Å². The molecule has 1 unspecified atom stereocenters. The normalized spacial score (nSPS) is 25.4. The first-order valence-electron chi connectivity index (χ1n) is 11.5. The molecular formula is C24H34N2O9. The van der Waals surface area contributed by atoms with E-state index in [1.807, 2.05) is 52.0 Å². The molecule has 0 saturated carbocycles. The molecule has 2 heterocycles. The minimum Gasteiger partial charge on any atom is -0.494 e. The molecular weight excluding hydrogens is 460 g/mol. The summed E-state index contributed by atoms with van der Waals surface area (Å²) in [5, 5.41) is 45.8. The zero-order valence-electron chi connectivity index (χ0n) is 20.5. The predicted octanol–water partition coefficient (Wildman–Crippen LogP) is 0.482. The fraction of sp³-hybridized carbons (Fsp3) is 0.583. The number of aliphatic hydroxyl groups is 4. The zero-order chi connectivity index (χ0) is 25.9. The summed E-state index contributed by atoms with van der Waals surface area (Å²) in [6.45, 7) is 8.28. The first kappa shape index (κ1) is 26.9. The lowest BCUT2D eigenvalue weighted by Gasteiger charge is -2.40. The minimum atomic E-state index is -1.90. The van der Waals surface area contributed by atoms with Crippen LogP contribution >= 0.6 is 0 Å². The summed E-state index contributed by atoms with van der Waals surface area (Å²) < 4.78 is 23.2. The fourth-order valence-electron chi connectivity index (χ4n) is 4.00. The van der Waals surface area contributed by atoms with Gasteiger partial charge in [0.25, 0.3) is 0 Å². The third-order valence-corrected chi connectivity index (χ3v) is 5.93. The van der Waals surface area contributed by atoms with Gasteiger partial charge in [-0.2, -0.15) is 0 Å². The third-order valence-electron chi connectivity index (χ3n) is 5.93. The molecule has 1 saturated heterocycles. The average molecular weight is 495 g/mol. The Labute approximate surface area is 203 Å². The molecule has 1 aromatic carbocycles. The van der Waals surface area contributed by atoms with Crippen molar-refractivity contribution >= 4 is 5.97 Å². The van der Waals surface area contributed by atoms with Gasteiger partial charge in [-0.05, 0) is 45.4 Å². The quantitative estimate of drug-likeness (QED) is 0.362. The second-order valence-corrected chi connectivity index (χ2v) is 8.69. The second kappa shape index (κ2) is 11.4. The monoisotopic (exact) mass is 494 g/mol. The lowest BCUT2D eigenvalue weighted by molar-refractivity contribution is -0.288. The predicted molar refractivity (Wildman–Crippen MR) is 123 cm³/mol. The van der Waals surface area contributed by atoms with Gasteiger partial charge in [0.2, 0.25) is 12.2 Å². The van der Waals surface area contributed by atoms with Crippen molar-refractivity contribution in [1.82, 2.24) is 9.78 Å². The molecule has 1 fully saturated rings. The number of hydrogen-bond donors (Lipinski definition) is 4. The van der Waals surface area contributed by atoms with Crippen LogP contribution in [-0.2, 0) is 20.7 Å². The molecule has 0 radical (unpaired) electrons. The molecule has 4 N–H and O–H groups in total. The van der Waals surface area contributed by atoms with E-state index in [0.717, 1.165) is 29.7 Å². The van der Waals surface area contributed by atoms with Crippen LogP contribution in [0.1, 0.15) is 43.6 Å². The first-order valence-corrected chi connectivity index (χ1v) is 11.5. The first-order chi connectivity index (χ1) is 16.6. The molecule has 0 spiro atoms. The molecule has 1 aromatic heterocycles. The highest BCUT2D eigenvalue weighted by Gasteiger charge is 2.50. The summed E-state index contributed by atoms with van der Waals surface area (Å²) in [6.07, 6.45) is -9.74. The van der Waals surface area contributed by atoms with Crippen LogP contribution in [0.5, 0.6) is 11.6 Å². The van der Waals surface area contributed by atoms with E-state index in [9.17, 15) is 25.2 Å². The van der Waals surface area contributed by atoms with Crippen LogP contribution in [0.15, 0.2) is 24.3 Å². The number of carbonyl (C=O) groups excluding carboxylic acids is 1. The Morgan fingerprint density at radius 3 is 2.37 bits per heavy atom. The minimum absolute atomic E-state index is 0.00457. The Bertz CT molecular complexity index is 992. The van der Waals surface area contributed by atoms with Crippen LogP contribution in [0.2, 0.25) is 0 Å². The molecule has 0 bridgehead atoms. The third kappa shape index (κ3) is 5.76. The van der Waals surface area contributed by atoms with E-state index >= 15 is 0 Å². The molecule has 11 heteroatoms.